The lowest BCUT2D eigenvalue weighted by atomic mass is 10.3. The summed E-state index contributed by atoms with van der Waals surface area (Å²) in [4.78, 5) is 4.18. The van der Waals surface area contributed by atoms with Crippen LogP contribution in [-0.2, 0) is 6.42 Å². The van der Waals surface area contributed by atoms with Crippen molar-refractivity contribution in [3.63, 3.8) is 0 Å². The second kappa shape index (κ2) is 5.07. The Kier molecular flexibility index (Phi) is 3.12. The third kappa shape index (κ3) is 2.41. The van der Waals surface area contributed by atoms with Crippen LogP contribution in [0.15, 0.2) is 53.3 Å². The Balaban J connectivity index is 1.88. The first kappa shape index (κ1) is 11.7. The summed E-state index contributed by atoms with van der Waals surface area (Å²) in [6, 6.07) is 9.92. The van der Waals surface area contributed by atoms with Crippen molar-refractivity contribution in [3.8, 4) is 17.0 Å². The number of oxazole rings is 1. The predicted octanol–water partition coefficient (Wildman–Crippen LogP) is 2.03. The van der Waals surface area contributed by atoms with Gasteiger partial charge in [-0.15, -0.1) is 0 Å². The minimum Gasteiger partial charge on any atom is -0.441 e. The zero-order chi connectivity index (χ0) is 13.1. The molecule has 3 rings (SSSR count). The Morgan fingerprint density at radius 2 is 2.00 bits per heavy atom. The highest BCUT2D eigenvalue weighted by molar-refractivity contribution is 5.54. The van der Waals surface area contributed by atoms with Gasteiger partial charge in [0.15, 0.2) is 11.7 Å². The van der Waals surface area contributed by atoms with Crippen LogP contribution in [0.3, 0.4) is 0 Å². The van der Waals surface area contributed by atoms with E-state index in [0.29, 0.717) is 24.6 Å². The van der Waals surface area contributed by atoms with Gasteiger partial charge in [0.05, 0.1) is 23.6 Å². The van der Waals surface area contributed by atoms with Gasteiger partial charge in [-0.25, -0.2) is 9.67 Å². The highest BCUT2D eigenvalue weighted by atomic mass is 16.4. The van der Waals surface area contributed by atoms with E-state index in [1.54, 1.807) is 17.1 Å². The molecule has 0 saturated carbocycles. The van der Waals surface area contributed by atoms with Crippen LogP contribution in [0.1, 0.15) is 5.89 Å². The van der Waals surface area contributed by atoms with Crippen LogP contribution < -0.4 is 5.73 Å². The summed E-state index contributed by atoms with van der Waals surface area (Å²) in [5.74, 6) is 1.37. The Hall–Kier alpha value is -2.40. The summed E-state index contributed by atoms with van der Waals surface area (Å²) in [6.07, 6.45) is 6.03. The zero-order valence-corrected chi connectivity index (χ0v) is 10.4. The van der Waals surface area contributed by atoms with Gasteiger partial charge in [-0.05, 0) is 12.1 Å². The first-order chi connectivity index (χ1) is 9.36. The number of nitrogens with two attached hydrogens (primary N) is 1. The van der Waals surface area contributed by atoms with Gasteiger partial charge in [0.2, 0.25) is 0 Å². The molecule has 0 fully saturated rings. The Morgan fingerprint density at radius 1 is 1.16 bits per heavy atom. The molecule has 3 aromatic rings. The van der Waals surface area contributed by atoms with E-state index in [0.717, 1.165) is 11.3 Å². The SMILES string of the molecule is NCCc1ncc(-c2cnn(-c3ccccc3)c2)o1. The van der Waals surface area contributed by atoms with E-state index in [-0.39, 0.29) is 0 Å². The average Bonchev–Trinajstić information content (AvgIpc) is 3.08. The second-order valence-corrected chi connectivity index (χ2v) is 4.17. The topological polar surface area (TPSA) is 69.9 Å². The zero-order valence-electron chi connectivity index (χ0n) is 10.4. The molecule has 0 unspecified atom stereocenters. The van der Waals surface area contributed by atoms with Gasteiger partial charge in [0.1, 0.15) is 0 Å². The van der Waals surface area contributed by atoms with Gasteiger partial charge in [-0.2, -0.15) is 5.10 Å². The fourth-order valence-electron chi connectivity index (χ4n) is 1.85. The number of hydrogen-bond acceptors (Lipinski definition) is 4. The average molecular weight is 254 g/mol. The maximum absolute atomic E-state index is 5.61. The Labute approximate surface area is 110 Å². The van der Waals surface area contributed by atoms with Crippen LogP contribution in [0.25, 0.3) is 17.0 Å². The van der Waals surface area contributed by atoms with E-state index in [9.17, 15) is 0 Å². The molecule has 0 spiro atoms. The highest BCUT2D eigenvalue weighted by Crippen LogP contribution is 2.21. The molecule has 0 amide bonds. The van der Waals surface area contributed by atoms with Crippen LogP contribution in [0.4, 0.5) is 0 Å². The van der Waals surface area contributed by atoms with Crippen LogP contribution in [-0.4, -0.2) is 21.3 Å². The van der Waals surface area contributed by atoms with Gasteiger partial charge < -0.3 is 10.2 Å². The normalized spacial score (nSPS) is 10.8. The predicted molar refractivity (Wildman–Crippen MR) is 71.8 cm³/mol. The molecule has 96 valence electrons. The summed E-state index contributed by atoms with van der Waals surface area (Å²) in [6.45, 7) is 0.531. The number of nitrogens with zero attached hydrogens (tertiary/aromatic N) is 3. The fourth-order valence-corrected chi connectivity index (χ4v) is 1.85. The summed E-state index contributed by atoms with van der Waals surface area (Å²) < 4.78 is 7.42. The molecule has 0 aliphatic carbocycles. The van der Waals surface area contributed by atoms with Crippen molar-refractivity contribution < 1.29 is 4.42 Å². The van der Waals surface area contributed by atoms with E-state index >= 15 is 0 Å². The monoisotopic (exact) mass is 254 g/mol. The molecule has 2 heterocycles. The minimum atomic E-state index is 0.531. The van der Waals surface area contributed by atoms with Crippen molar-refractivity contribution in [2.24, 2.45) is 5.73 Å². The number of aromatic nitrogens is 3. The van der Waals surface area contributed by atoms with Crippen LogP contribution >= 0.6 is 0 Å². The number of para-hydroxylation sites is 1. The van der Waals surface area contributed by atoms with Gasteiger partial charge in [-0.1, -0.05) is 18.2 Å². The van der Waals surface area contributed by atoms with Gasteiger partial charge in [0, 0.05) is 19.2 Å². The van der Waals surface area contributed by atoms with Crippen LogP contribution in [0, 0.1) is 0 Å². The van der Waals surface area contributed by atoms with Crippen molar-refractivity contribution in [1.29, 1.82) is 0 Å². The molecule has 0 atom stereocenters. The summed E-state index contributed by atoms with van der Waals surface area (Å²) >= 11 is 0. The molecule has 0 saturated heterocycles. The third-order valence-electron chi connectivity index (χ3n) is 2.80. The Bertz CT molecular complexity index is 657. The number of hydrogen-bond donors (Lipinski definition) is 1. The van der Waals surface area contributed by atoms with E-state index in [2.05, 4.69) is 10.1 Å². The maximum Gasteiger partial charge on any atom is 0.196 e. The number of rotatable bonds is 4. The van der Waals surface area contributed by atoms with Crippen LogP contribution in [0.5, 0.6) is 0 Å². The van der Waals surface area contributed by atoms with Gasteiger partial charge in [-0.3, -0.25) is 0 Å². The van der Waals surface area contributed by atoms with Gasteiger partial charge in [0.25, 0.3) is 0 Å². The number of benzene rings is 1. The molecule has 19 heavy (non-hydrogen) atoms. The van der Waals surface area contributed by atoms with Gasteiger partial charge >= 0.3 is 0 Å². The molecular weight excluding hydrogens is 240 g/mol. The minimum absolute atomic E-state index is 0.531. The second-order valence-electron chi connectivity index (χ2n) is 4.17. The third-order valence-corrected chi connectivity index (χ3v) is 2.80. The van der Waals surface area contributed by atoms with E-state index in [4.69, 9.17) is 10.2 Å². The molecule has 0 bridgehead atoms. The fraction of sp³-hybridized carbons (Fsp3) is 0.143. The molecule has 0 radical (unpaired) electrons. The van der Waals surface area contributed by atoms with Crippen molar-refractivity contribution in [3.05, 3.63) is 54.8 Å². The molecular formula is C14H14N4O. The Morgan fingerprint density at radius 3 is 2.79 bits per heavy atom. The summed E-state index contributed by atoms with van der Waals surface area (Å²) in [7, 11) is 0. The molecule has 2 aromatic heterocycles. The lowest BCUT2D eigenvalue weighted by Crippen LogP contribution is -2.02. The molecule has 5 nitrogen and oxygen atoms in total. The van der Waals surface area contributed by atoms with Crippen molar-refractivity contribution in [1.82, 2.24) is 14.8 Å². The molecule has 0 aliphatic rings. The largest absolute Gasteiger partial charge is 0.441 e. The maximum atomic E-state index is 5.61. The smallest absolute Gasteiger partial charge is 0.196 e. The van der Waals surface area contributed by atoms with Crippen molar-refractivity contribution in [2.75, 3.05) is 6.54 Å². The first-order valence-corrected chi connectivity index (χ1v) is 6.12. The lowest BCUT2D eigenvalue weighted by Gasteiger charge is -1.98. The first-order valence-electron chi connectivity index (χ1n) is 6.12. The standard InChI is InChI=1S/C14H14N4O/c15-7-6-14-16-9-13(19-14)11-8-17-18(10-11)12-4-2-1-3-5-12/h1-5,8-10H,6-7,15H2. The molecule has 1 aromatic carbocycles. The summed E-state index contributed by atoms with van der Waals surface area (Å²) in [5.41, 5.74) is 7.38. The summed E-state index contributed by atoms with van der Waals surface area (Å²) in [5, 5.41) is 4.32. The van der Waals surface area contributed by atoms with E-state index < -0.39 is 0 Å². The highest BCUT2D eigenvalue weighted by Gasteiger charge is 2.08. The van der Waals surface area contributed by atoms with E-state index in [1.165, 1.54) is 0 Å². The van der Waals surface area contributed by atoms with E-state index in [1.807, 2.05) is 36.5 Å². The lowest BCUT2D eigenvalue weighted by molar-refractivity contribution is 0.508. The molecule has 5 heteroatoms. The quantitative estimate of drug-likeness (QED) is 0.773. The van der Waals surface area contributed by atoms with Crippen molar-refractivity contribution >= 4 is 0 Å². The van der Waals surface area contributed by atoms with Crippen LogP contribution in [0.2, 0.25) is 0 Å². The molecule has 0 aliphatic heterocycles. The molecule has 2 N–H and O–H groups in total. The van der Waals surface area contributed by atoms with Crippen molar-refractivity contribution in [2.45, 2.75) is 6.42 Å².